The highest BCUT2D eigenvalue weighted by Gasteiger charge is 2.23. The second-order valence-electron chi connectivity index (χ2n) is 5.53. The maximum Gasteiger partial charge on any atom is 0.326 e. The van der Waals surface area contributed by atoms with E-state index in [1.807, 2.05) is 6.07 Å². The van der Waals surface area contributed by atoms with Crippen LogP contribution in [0.15, 0.2) is 40.5 Å². The Hall–Kier alpha value is -2.22. The highest BCUT2D eigenvalue weighted by Crippen LogP contribution is 2.35. The average Bonchev–Trinajstić information content (AvgIpc) is 2.95. The Kier molecular flexibility index (Phi) is 5.94. The number of urea groups is 1. The van der Waals surface area contributed by atoms with Crippen molar-refractivity contribution in [3.63, 3.8) is 0 Å². The number of methoxy groups -OCH3 is 1. The third kappa shape index (κ3) is 4.55. The Balaban J connectivity index is 1.83. The number of benzene rings is 2. The molecule has 0 unspecified atom stereocenters. The molecule has 3 amide bonds. The van der Waals surface area contributed by atoms with E-state index in [0.717, 1.165) is 5.56 Å². The lowest BCUT2D eigenvalue weighted by Crippen LogP contribution is -2.22. The molecular weight excluding hydrogens is 459 g/mol. The van der Waals surface area contributed by atoms with E-state index in [4.69, 9.17) is 32.7 Å². The predicted octanol–water partition coefficient (Wildman–Crippen LogP) is 4.52. The molecule has 0 spiro atoms. The molecule has 0 saturated carbocycles. The SMILES string of the molecule is COc1cc(/C=C2/NC(=O)NC2=O)c(Br)cc1OCc1ccc(Cl)c(Cl)c1. The zero-order valence-electron chi connectivity index (χ0n) is 13.9. The van der Waals surface area contributed by atoms with Gasteiger partial charge in [0.15, 0.2) is 11.5 Å². The van der Waals surface area contributed by atoms with Crippen LogP contribution in [-0.4, -0.2) is 19.0 Å². The van der Waals surface area contributed by atoms with E-state index in [9.17, 15) is 9.59 Å². The average molecular weight is 472 g/mol. The summed E-state index contributed by atoms with van der Waals surface area (Å²) >= 11 is 15.4. The number of hydrogen-bond acceptors (Lipinski definition) is 4. The standard InChI is InChI=1S/C18H13BrCl2N2O4/c1-26-15-6-10(5-14-17(24)23-18(25)22-14)11(19)7-16(15)27-8-9-2-3-12(20)13(21)4-9/h2-7H,8H2,1H3,(H2,22,23,24,25)/b14-5+. The zero-order valence-corrected chi connectivity index (χ0v) is 17.0. The Morgan fingerprint density at radius 2 is 1.85 bits per heavy atom. The third-order valence-corrected chi connectivity index (χ3v) is 5.11. The molecule has 1 aliphatic rings. The highest BCUT2D eigenvalue weighted by atomic mass is 79.9. The van der Waals surface area contributed by atoms with Gasteiger partial charge in [0.1, 0.15) is 12.3 Å². The Morgan fingerprint density at radius 3 is 2.48 bits per heavy atom. The van der Waals surface area contributed by atoms with E-state index in [2.05, 4.69) is 26.6 Å². The number of rotatable bonds is 5. The summed E-state index contributed by atoms with van der Waals surface area (Å²) in [6.07, 6.45) is 1.54. The molecule has 0 radical (unpaired) electrons. The summed E-state index contributed by atoms with van der Waals surface area (Å²) in [5, 5.41) is 5.50. The van der Waals surface area contributed by atoms with Crippen LogP contribution in [0.1, 0.15) is 11.1 Å². The smallest absolute Gasteiger partial charge is 0.326 e. The van der Waals surface area contributed by atoms with Crippen LogP contribution in [0.2, 0.25) is 10.0 Å². The summed E-state index contributed by atoms with van der Waals surface area (Å²) in [4.78, 5) is 22.9. The molecule has 140 valence electrons. The summed E-state index contributed by atoms with van der Waals surface area (Å²) in [5.74, 6) is 0.471. The molecule has 1 fully saturated rings. The van der Waals surface area contributed by atoms with Crippen molar-refractivity contribution in [1.82, 2.24) is 10.6 Å². The predicted molar refractivity (Wildman–Crippen MR) is 106 cm³/mol. The topological polar surface area (TPSA) is 76.7 Å². The van der Waals surface area contributed by atoms with E-state index >= 15 is 0 Å². The molecule has 0 bridgehead atoms. The zero-order chi connectivity index (χ0) is 19.6. The minimum atomic E-state index is -0.559. The van der Waals surface area contributed by atoms with Gasteiger partial charge < -0.3 is 14.8 Å². The molecular formula is C18H13BrCl2N2O4. The molecule has 2 aromatic carbocycles. The third-order valence-electron chi connectivity index (χ3n) is 3.68. The molecule has 1 heterocycles. The van der Waals surface area contributed by atoms with Crippen molar-refractivity contribution >= 4 is 57.1 Å². The summed E-state index contributed by atoms with van der Waals surface area (Å²) < 4.78 is 11.9. The summed E-state index contributed by atoms with van der Waals surface area (Å²) in [7, 11) is 1.51. The molecule has 2 N–H and O–H groups in total. The lowest BCUT2D eigenvalue weighted by atomic mass is 10.1. The van der Waals surface area contributed by atoms with Gasteiger partial charge in [0.05, 0.1) is 17.2 Å². The minimum Gasteiger partial charge on any atom is -0.493 e. The van der Waals surface area contributed by atoms with Crippen molar-refractivity contribution in [2.75, 3.05) is 7.11 Å². The first-order valence-electron chi connectivity index (χ1n) is 7.65. The van der Waals surface area contributed by atoms with Crippen molar-refractivity contribution in [2.45, 2.75) is 6.61 Å². The Labute approximate surface area is 173 Å². The number of carbonyl (C=O) groups is 2. The molecule has 27 heavy (non-hydrogen) atoms. The molecule has 1 saturated heterocycles. The van der Waals surface area contributed by atoms with Gasteiger partial charge in [0.25, 0.3) is 5.91 Å². The lowest BCUT2D eigenvalue weighted by molar-refractivity contribution is -0.115. The maximum atomic E-state index is 11.7. The monoisotopic (exact) mass is 470 g/mol. The van der Waals surface area contributed by atoms with Crippen molar-refractivity contribution < 1.29 is 19.1 Å². The number of carbonyl (C=O) groups excluding carboxylic acids is 2. The number of nitrogens with one attached hydrogen (secondary N) is 2. The normalized spacial score (nSPS) is 14.9. The summed E-state index contributed by atoms with van der Waals surface area (Å²) in [6.45, 7) is 0.262. The van der Waals surface area contributed by atoms with Gasteiger partial charge in [-0.3, -0.25) is 10.1 Å². The van der Waals surface area contributed by atoms with Gasteiger partial charge in [-0.15, -0.1) is 0 Å². The number of amides is 3. The minimum absolute atomic E-state index is 0.146. The second kappa shape index (κ2) is 8.21. The van der Waals surface area contributed by atoms with E-state index in [1.165, 1.54) is 13.2 Å². The molecule has 0 aromatic heterocycles. The highest BCUT2D eigenvalue weighted by molar-refractivity contribution is 9.10. The maximum absolute atomic E-state index is 11.7. The van der Waals surface area contributed by atoms with E-state index in [-0.39, 0.29) is 12.3 Å². The van der Waals surface area contributed by atoms with Gasteiger partial charge in [0, 0.05) is 4.47 Å². The molecule has 2 aromatic rings. The second-order valence-corrected chi connectivity index (χ2v) is 7.20. The first-order chi connectivity index (χ1) is 12.9. The van der Waals surface area contributed by atoms with Gasteiger partial charge in [-0.2, -0.15) is 0 Å². The van der Waals surface area contributed by atoms with Gasteiger partial charge >= 0.3 is 6.03 Å². The number of ether oxygens (including phenoxy) is 2. The van der Waals surface area contributed by atoms with Crippen LogP contribution in [0.4, 0.5) is 4.79 Å². The van der Waals surface area contributed by atoms with Crippen LogP contribution in [-0.2, 0) is 11.4 Å². The van der Waals surface area contributed by atoms with Crippen molar-refractivity contribution in [1.29, 1.82) is 0 Å². The molecule has 0 aliphatic carbocycles. The van der Waals surface area contributed by atoms with Gasteiger partial charge in [-0.05, 0) is 41.5 Å². The largest absolute Gasteiger partial charge is 0.493 e. The van der Waals surface area contributed by atoms with Gasteiger partial charge in [-0.1, -0.05) is 45.2 Å². The molecule has 6 nitrogen and oxygen atoms in total. The van der Waals surface area contributed by atoms with E-state index in [0.29, 0.717) is 31.6 Å². The summed E-state index contributed by atoms with van der Waals surface area (Å²) in [6, 6.07) is 8.10. The van der Waals surface area contributed by atoms with Crippen molar-refractivity contribution in [3.8, 4) is 11.5 Å². The van der Waals surface area contributed by atoms with E-state index < -0.39 is 11.9 Å². The Bertz CT molecular complexity index is 963. The van der Waals surface area contributed by atoms with Crippen LogP contribution >= 0.6 is 39.1 Å². The molecule has 0 atom stereocenters. The Morgan fingerprint density at radius 1 is 1.07 bits per heavy atom. The van der Waals surface area contributed by atoms with Crippen LogP contribution in [0, 0.1) is 0 Å². The van der Waals surface area contributed by atoms with Crippen molar-refractivity contribution in [2.24, 2.45) is 0 Å². The van der Waals surface area contributed by atoms with Crippen molar-refractivity contribution in [3.05, 3.63) is 61.7 Å². The molecule has 9 heteroatoms. The number of imide groups is 1. The first-order valence-corrected chi connectivity index (χ1v) is 9.20. The van der Waals surface area contributed by atoms with Gasteiger partial charge in [-0.25, -0.2) is 4.79 Å². The lowest BCUT2D eigenvalue weighted by Gasteiger charge is -2.13. The van der Waals surface area contributed by atoms with E-state index in [1.54, 1.807) is 24.3 Å². The fraction of sp³-hybridized carbons (Fsp3) is 0.111. The van der Waals surface area contributed by atoms with Crippen LogP contribution < -0.4 is 20.1 Å². The summed E-state index contributed by atoms with van der Waals surface area (Å²) in [5.41, 5.74) is 1.63. The number of halogens is 3. The number of hydrogen-bond donors (Lipinski definition) is 2. The van der Waals surface area contributed by atoms with Crippen LogP contribution in [0.25, 0.3) is 6.08 Å². The fourth-order valence-corrected chi connectivity index (χ4v) is 3.12. The van der Waals surface area contributed by atoms with Crippen LogP contribution in [0.3, 0.4) is 0 Å². The van der Waals surface area contributed by atoms with Gasteiger partial charge in [0.2, 0.25) is 0 Å². The fourth-order valence-electron chi connectivity index (χ4n) is 2.36. The first kappa shape index (κ1) is 19.5. The van der Waals surface area contributed by atoms with Crippen LogP contribution in [0.5, 0.6) is 11.5 Å². The quantitative estimate of drug-likeness (QED) is 0.496. The molecule has 3 rings (SSSR count). The molecule has 1 aliphatic heterocycles.